The molecule has 0 unspecified atom stereocenters. The third-order valence-corrected chi connectivity index (χ3v) is 3.12. The molecule has 8 heteroatoms. The van der Waals surface area contributed by atoms with Gasteiger partial charge in [-0.25, -0.2) is 0 Å². The van der Waals surface area contributed by atoms with E-state index in [4.69, 9.17) is 16.3 Å². The number of ether oxygens (including phenoxy) is 1. The van der Waals surface area contributed by atoms with Crippen LogP contribution in [-0.4, -0.2) is 32.5 Å². The zero-order valence-electron chi connectivity index (χ0n) is 11.1. The van der Waals surface area contributed by atoms with Crippen LogP contribution in [-0.2, 0) is 17.9 Å². The van der Waals surface area contributed by atoms with Crippen LogP contribution in [0.5, 0.6) is 0 Å². The topological polar surface area (TPSA) is 90.4 Å². The number of nitro groups is 1. The molecule has 0 spiro atoms. The summed E-state index contributed by atoms with van der Waals surface area (Å²) in [6, 6.07) is 7.28. The van der Waals surface area contributed by atoms with Gasteiger partial charge in [-0.05, 0) is 11.6 Å². The Kier molecular flexibility index (Phi) is 5.26. The Labute approximate surface area is 125 Å². The lowest BCUT2D eigenvalue weighted by Crippen LogP contribution is -2.22. The van der Waals surface area contributed by atoms with Gasteiger partial charge >= 0.3 is 5.69 Å². The molecule has 0 saturated carbocycles. The lowest BCUT2D eigenvalue weighted by molar-refractivity contribution is -0.385. The lowest BCUT2D eigenvalue weighted by atomic mass is 10.2. The van der Waals surface area contributed by atoms with E-state index in [0.717, 1.165) is 11.8 Å². The van der Waals surface area contributed by atoms with Gasteiger partial charge in [0, 0.05) is 5.02 Å². The third kappa shape index (κ3) is 4.52. The predicted octanol–water partition coefficient (Wildman–Crippen LogP) is 2.02. The number of aromatic nitrogens is 2. The number of halogens is 1. The Morgan fingerprint density at radius 2 is 2.24 bits per heavy atom. The van der Waals surface area contributed by atoms with Gasteiger partial charge in [0.2, 0.25) is 0 Å². The van der Waals surface area contributed by atoms with Crippen molar-refractivity contribution in [3.8, 4) is 0 Å². The highest BCUT2D eigenvalue weighted by atomic mass is 35.5. The van der Waals surface area contributed by atoms with Gasteiger partial charge in [0.25, 0.3) is 0 Å². The maximum atomic E-state index is 10.5. The summed E-state index contributed by atoms with van der Waals surface area (Å²) in [7, 11) is 0. The highest BCUT2D eigenvalue weighted by Crippen LogP contribution is 2.15. The standard InChI is InChI=1S/C13H14ClN3O4/c14-13-4-2-1-3-10(13)8-21-9-12(18)7-16-6-11(5-15-16)17(19)20/h1-6,12,18H,7-9H2/t12-/m0/s1. The van der Waals surface area contributed by atoms with Gasteiger partial charge in [-0.1, -0.05) is 29.8 Å². The lowest BCUT2D eigenvalue weighted by Gasteiger charge is -2.11. The van der Waals surface area contributed by atoms with Crippen LogP contribution < -0.4 is 0 Å². The van der Waals surface area contributed by atoms with Crippen LogP contribution in [0.1, 0.15) is 5.56 Å². The van der Waals surface area contributed by atoms with Crippen molar-refractivity contribution in [1.29, 1.82) is 0 Å². The summed E-state index contributed by atoms with van der Waals surface area (Å²) in [6.45, 7) is 0.491. The normalized spacial score (nSPS) is 12.3. The fourth-order valence-electron chi connectivity index (χ4n) is 1.74. The summed E-state index contributed by atoms with van der Waals surface area (Å²) in [5.74, 6) is 0. The minimum atomic E-state index is -0.813. The average molecular weight is 312 g/mol. The third-order valence-electron chi connectivity index (χ3n) is 2.75. The first-order valence-electron chi connectivity index (χ1n) is 6.22. The van der Waals surface area contributed by atoms with E-state index >= 15 is 0 Å². The molecule has 0 saturated heterocycles. The number of benzene rings is 1. The Morgan fingerprint density at radius 3 is 2.90 bits per heavy atom. The summed E-state index contributed by atoms with van der Waals surface area (Å²) in [6.07, 6.45) is 1.58. The zero-order chi connectivity index (χ0) is 15.2. The van der Waals surface area contributed by atoms with E-state index in [1.165, 1.54) is 10.9 Å². The molecule has 0 bridgehead atoms. The number of hydrogen-bond donors (Lipinski definition) is 1. The Bertz CT molecular complexity index is 617. The maximum Gasteiger partial charge on any atom is 0.306 e. The van der Waals surface area contributed by atoms with Crippen molar-refractivity contribution < 1.29 is 14.8 Å². The van der Waals surface area contributed by atoms with Gasteiger partial charge in [0.05, 0.1) is 30.8 Å². The van der Waals surface area contributed by atoms with Gasteiger partial charge < -0.3 is 9.84 Å². The van der Waals surface area contributed by atoms with E-state index in [0.29, 0.717) is 5.02 Å². The predicted molar refractivity (Wildman–Crippen MR) is 76.0 cm³/mol. The molecule has 7 nitrogen and oxygen atoms in total. The van der Waals surface area contributed by atoms with E-state index in [1.807, 2.05) is 18.2 Å². The molecule has 112 valence electrons. The smallest absolute Gasteiger partial charge is 0.306 e. The molecule has 21 heavy (non-hydrogen) atoms. The summed E-state index contributed by atoms with van der Waals surface area (Å²) >= 11 is 5.98. The van der Waals surface area contributed by atoms with Crippen molar-refractivity contribution in [3.05, 3.63) is 57.4 Å². The zero-order valence-corrected chi connectivity index (χ0v) is 11.8. The number of aliphatic hydroxyl groups excluding tert-OH is 1. The summed E-state index contributed by atoms with van der Waals surface area (Å²) in [4.78, 5) is 9.98. The van der Waals surface area contributed by atoms with Crippen molar-refractivity contribution >= 4 is 17.3 Å². The van der Waals surface area contributed by atoms with Crippen molar-refractivity contribution in [2.45, 2.75) is 19.3 Å². The quantitative estimate of drug-likeness (QED) is 0.624. The second kappa shape index (κ2) is 7.16. The Balaban J connectivity index is 1.78. The molecule has 0 fully saturated rings. The van der Waals surface area contributed by atoms with Gasteiger partial charge in [-0.3, -0.25) is 14.8 Å². The van der Waals surface area contributed by atoms with E-state index in [2.05, 4.69) is 5.10 Å². The monoisotopic (exact) mass is 311 g/mol. The number of nitrogens with zero attached hydrogens (tertiary/aromatic N) is 3. The van der Waals surface area contributed by atoms with Crippen LogP contribution in [0.15, 0.2) is 36.7 Å². The second-order valence-electron chi connectivity index (χ2n) is 4.44. The van der Waals surface area contributed by atoms with Crippen LogP contribution in [0.25, 0.3) is 0 Å². The molecule has 1 atom stereocenters. The minimum absolute atomic E-state index is 0.0822. The molecule has 0 aliphatic carbocycles. The molecule has 0 amide bonds. The van der Waals surface area contributed by atoms with Crippen LogP contribution in [0, 0.1) is 10.1 Å². The summed E-state index contributed by atoms with van der Waals surface area (Å²) in [5, 5.41) is 24.7. The maximum absolute atomic E-state index is 10.5. The van der Waals surface area contributed by atoms with Crippen molar-refractivity contribution in [3.63, 3.8) is 0 Å². The fourth-order valence-corrected chi connectivity index (χ4v) is 1.93. The molecule has 2 aromatic rings. The van der Waals surface area contributed by atoms with E-state index < -0.39 is 11.0 Å². The Morgan fingerprint density at radius 1 is 1.48 bits per heavy atom. The highest BCUT2D eigenvalue weighted by Gasteiger charge is 2.12. The van der Waals surface area contributed by atoms with Gasteiger partial charge in [-0.2, -0.15) is 5.10 Å². The van der Waals surface area contributed by atoms with Crippen LogP contribution in [0.2, 0.25) is 5.02 Å². The van der Waals surface area contributed by atoms with Crippen LogP contribution in [0.3, 0.4) is 0 Å². The number of hydrogen-bond acceptors (Lipinski definition) is 5. The van der Waals surface area contributed by atoms with Crippen LogP contribution in [0.4, 0.5) is 5.69 Å². The first-order valence-corrected chi connectivity index (χ1v) is 6.60. The van der Waals surface area contributed by atoms with Gasteiger partial charge in [0.1, 0.15) is 12.4 Å². The number of aliphatic hydroxyl groups is 1. The average Bonchev–Trinajstić information content (AvgIpc) is 2.89. The van der Waals surface area contributed by atoms with Crippen molar-refractivity contribution in [2.75, 3.05) is 6.61 Å². The molecular weight excluding hydrogens is 298 g/mol. The first kappa shape index (κ1) is 15.4. The van der Waals surface area contributed by atoms with Gasteiger partial charge in [-0.15, -0.1) is 0 Å². The molecule has 1 aromatic heterocycles. The SMILES string of the molecule is O=[N+]([O-])c1cnn(C[C@H](O)COCc2ccccc2Cl)c1. The highest BCUT2D eigenvalue weighted by molar-refractivity contribution is 6.31. The second-order valence-corrected chi connectivity index (χ2v) is 4.85. The molecule has 1 heterocycles. The molecule has 1 N–H and O–H groups in total. The van der Waals surface area contributed by atoms with Crippen molar-refractivity contribution in [2.24, 2.45) is 0 Å². The molecule has 2 rings (SSSR count). The molecular formula is C13H14ClN3O4. The Hall–Kier alpha value is -1.96. The van der Waals surface area contributed by atoms with E-state index in [-0.39, 0.29) is 25.4 Å². The summed E-state index contributed by atoms with van der Waals surface area (Å²) < 4.78 is 6.69. The molecule has 0 aliphatic heterocycles. The minimum Gasteiger partial charge on any atom is -0.389 e. The van der Waals surface area contributed by atoms with Crippen molar-refractivity contribution in [1.82, 2.24) is 9.78 Å². The van der Waals surface area contributed by atoms with E-state index in [1.54, 1.807) is 6.07 Å². The number of rotatable bonds is 7. The molecule has 1 aromatic carbocycles. The fraction of sp³-hybridized carbons (Fsp3) is 0.308. The molecule has 0 radical (unpaired) electrons. The van der Waals surface area contributed by atoms with Crippen LogP contribution >= 0.6 is 11.6 Å². The molecule has 0 aliphatic rings. The first-order chi connectivity index (χ1) is 10.1. The van der Waals surface area contributed by atoms with Gasteiger partial charge in [0.15, 0.2) is 0 Å². The largest absolute Gasteiger partial charge is 0.389 e. The summed E-state index contributed by atoms with van der Waals surface area (Å²) in [5.41, 5.74) is 0.722. The van der Waals surface area contributed by atoms with E-state index in [9.17, 15) is 15.2 Å².